The molecule has 2 atom stereocenters. The number of pyridine rings is 1. The average molecular weight is 423 g/mol. The van der Waals surface area contributed by atoms with Crippen molar-refractivity contribution in [2.45, 2.75) is 44.7 Å². The van der Waals surface area contributed by atoms with E-state index in [4.69, 9.17) is 15.8 Å². The van der Waals surface area contributed by atoms with E-state index in [9.17, 15) is 9.18 Å². The van der Waals surface area contributed by atoms with Gasteiger partial charge in [0.15, 0.2) is 17.2 Å². The number of anilines is 1. The number of aromatic nitrogens is 4. The Morgan fingerprint density at radius 2 is 2.13 bits per heavy atom. The first-order valence-electron chi connectivity index (χ1n) is 10.8. The summed E-state index contributed by atoms with van der Waals surface area (Å²) >= 11 is 0. The van der Waals surface area contributed by atoms with Crippen molar-refractivity contribution in [3.8, 4) is 0 Å². The zero-order valence-corrected chi connectivity index (χ0v) is 17.5. The van der Waals surface area contributed by atoms with Crippen LogP contribution in [0.25, 0.3) is 5.65 Å². The number of carbonyl (C=O) groups is 1. The molecule has 2 fully saturated rings. The molecule has 2 aliphatic rings. The van der Waals surface area contributed by atoms with E-state index in [0.29, 0.717) is 6.54 Å². The first-order chi connectivity index (χ1) is 15.0. The number of likely N-dealkylation sites (tertiary alicyclic amines) is 1. The highest BCUT2D eigenvalue weighted by molar-refractivity contribution is 5.92. The van der Waals surface area contributed by atoms with Crippen LogP contribution in [0, 0.1) is 12.7 Å². The van der Waals surface area contributed by atoms with E-state index >= 15 is 0 Å². The Labute approximate surface area is 179 Å². The van der Waals surface area contributed by atoms with Gasteiger partial charge < -0.3 is 15.5 Å². The minimum Gasteiger partial charge on any atom is -0.355 e. The lowest BCUT2D eigenvalue weighted by atomic mass is 9.99. The Morgan fingerprint density at radius 3 is 2.90 bits per heavy atom. The highest BCUT2D eigenvalue weighted by Gasteiger charge is 2.32. The summed E-state index contributed by atoms with van der Waals surface area (Å²) in [6, 6.07) is 4.63. The van der Waals surface area contributed by atoms with Crippen LogP contribution in [-0.4, -0.2) is 56.1 Å². The molecule has 162 valence electrons. The summed E-state index contributed by atoms with van der Waals surface area (Å²) in [5.74, 6) is -0.0626. The number of carbonyl (C=O) groups excluding carboxylic acids is 1. The maximum Gasteiger partial charge on any atom is 0.276 e. The smallest absolute Gasteiger partial charge is 0.276 e. The second kappa shape index (κ2) is 7.88. The van der Waals surface area contributed by atoms with Gasteiger partial charge in [-0.3, -0.25) is 4.79 Å². The van der Waals surface area contributed by atoms with Gasteiger partial charge in [-0.25, -0.2) is 18.9 Å². The summed E-state index contributed by atoms with van der Waals surface area (Å²) in [7, 11) is 0. The molecule has 2 N–H and O–H groups in total. The molecular formula is C22H26FN7O. The lowest BCUT2D eigenvalue weighted by Crippen LogP contribution is -2.39. The highest BCUT2D eigenvalue weighted by atomic mass is 19.1. The van der Waals surface area contributed by atoms with Crippen LogP contribution in [0.5, 0.6) is 0 Å². The predicted octanol–water partition coefficient (Wildman–Crippen LogP) is 2.48. The van der Waals surface area contributed by atoms with Crippen LogP contribution in [0.3, 0.4) is 0 Å². The number of rotatable bonds is 3. The van der Waals surface area contributed by atoms with Crippen molar-refractivity contribution in [3.63, 3.8) is 0 Å². The summed E-state index contributed by atoms with van der Waals surface area (Å²) in [6.07, 6.45) is 7.01. The molecule has 3 aromatic rings. The van der Waals surface area contributed by atoms with Gasteiger partial charge in [0.1, 0.15) is 5.82 Å². The fourth-order valence-corrected chi connectivity index (χ4v) is 4.64. The van der Waals surface area contributed by atoms with Gasteiger partial charge in [0.25, 0.3) is 5.91 Å². The second-order valence-electron chi connectivity index (χ2n) is 8.46. The van der Waals surface area contributed by atoms with Crippen LogP contribution in [-0.2, 0) is 0 Å². The Hall–Kier alpha value is -3.07. The van der Waals surface area contributed by atoms with Gasteiger partial charge in [-0.1, -0.05) is 0 Å². The van der Waals surface area contributed by atoms with Gasteiger partial charge in [0.05, 0.1) is 11.7 Å². The van der Waals surface area contributed by atoms with Crippen LogP contribution >= 0.6 is 0 Å². The molecule has 2 unspecified atom stereocenters. The molecule has 0 aliphatic carbocycles. The van der Waals surface area contributed by atoms with E-state index in [2.05, 4.69) is 9.88 Å². The largest absolute Gasteiger partial charge is 0.355 e. The lowest BCUT2D eigenvalue weighted by Gasteiger charge is -2.34. The molecule has 5 rings (SSSR count). The van der Waals surface area contributed by atoms with Crippen molar-refractivity contribution in [3.05, 3.63) is 53.4 Å². The third-order valence-electron chi connectivity index (χ3n) is 6.21. The molecule has 0 saturated carbocycles. The van der Waals surface area contributed by atoms with Crippen molar-refractivity contribution in [2.24, 2.45) is 5.73 Å². The zero-order chi connectivity index (χ0) is 21.5. The number of amides is 1. The number of hydrogen-bond donors (Lipinski definition) is 1. The lowest BCUT2D eigenvalue weighted by molar-refractivity contribution is 0.0594. The van der Waals surface area contributed by atoms with Crippen molar-refractivity contribution in [1.29, 1.82) is 0 Å². The molecule has 5 heterocycles. The molecule has 2 aliphatic heterocycles. The average Bonchev–Trinajstić information content (AvgIpc) is 3.38. The van der Waals surface area contributed by atoms with E-state index in [1.54, 1.807) is 9.42 Å². The van der Waals surface area contributed by atoms with E-state index in [0.717, 1.165) is 61.5 Å². The van der Waals surface area contributed by atoms with Crippen molar-refractivity contribution < 1.29 is 9.18 Å². The predicted molar refractivity (Wildman–Crippen MR) is 114 cm³/mol. The summed E-state index contributed by atoms with van der Waals surface area (Å²) in [4.78, 5) is 25.8. The number of hydrogen-bond acceptors (Lipinski definition) is 6. The van der Waals surface area contributed by atoms with Gasteiger partial charge in [-0.15, -0.1) is 0 Å². The Balaban J connectivity index is 1.48. The van der Waals surface area contributed by atoms with E-state index < -0.39 is 11.7 Å². The van der Waals surface area contributed by atoms with Crippen molar-refractivity contribution in [2.75, 3.05) is 24.5 Å². The number of aryl methyl sites for hydroxylation is 1. The molecule has 2 saturated heterocycles. The monoisotopic (exact) mass is 423 g/mol. The Kier molecular flexibility index (Phi) is 5.05. The number of piperidine rings is 1. The molecule has 1 amide bonds. The summed E-state index contributed by atoms with van der Waals surface area (Å²) in [5.41, 5.74) is 8.47. The first kappa shape index (κ1) is 19.9. The van der Waals surface area contributed by atoms with Gasteiger partial charge in [-0.2, -0.15) is 5.10 Å². The third kappa shape index (κ3) is 3.63. The topological polar surface area (TPSA) is 92.6 Å². The number of halogens is 1. The second-order valence-corrected chi connectivity index (χ2v) is 8.46. The summed E-state index contributed by atoms with van der Waals surface area (Å²) in [5, 5.41) is 4.73. The van der Waals surface area contributed by atoms with Crippen LogP contribution in [0.2, 0.25) is 0 Å². The minimum absolute atomic E-state index is 0.139. The minimum atomic E-state index is -0.599. The highest BCUT2D eigenvalue weighted by Crippen LogP contribution is 2.32. The molecular weight excluding hydrogens is 397 g/mol. The van der Waals surface area contributed by atoms with Crippen molar-refractivity contribution in [1.82, 2.24) is 24.5 Å². The van der Waals surface area contributed by atoms with Crippen LogP contribution in [0.4, 0.5) is 10.2 Å². The Morgan fingerprint density at radius 1 is 1.26 bits per heavy atom. The van der Waals surface area contributed by atoms with Crippen LogP contribution in [0.15, 0.2) is 30.6 Å². The summed E-state index contributed by atoms with van der Waals surface area (Å²) in [6.45, 7) is 4.27. The number of nitrogens with two attached hydrogens (primary N) is 1. The maximum atomic E-state index is 14.2. The maximum absolute atomic E-state index is 14.2. The third-order valence-corrected chi connectivity index (χ3v) is 6.21. The Bertz CT molecular complexity index is 1130. The van der Waals surface area contributed by atoms with E-state index in [1.165, 1.54) is 18.3 Å². The van der Waals surface area contributed by atoms with Gasteiger partial charge in [-0.05, 0) is 44.7 Å². The molecule has 3 aromatic heterocycles. The molecule has 0 bridgehead atoms. The fourth-order valence-electron chi connectivity index (χ4n) is 4.64. The van der Waals surface area contributed by atoms with Gasteiger partial charge in [0.2, 0.25) is 0 Å². The van der Waals surface area contributed by atoms with E-state index in [1.807, 2.05) is 19.2 Å². The molecule has 0 aromatic carbocycles. The number of nitrogens with zero attached hydrogens (tertiary/aromatic N) is 6. The summed E-state index contributed by atoms with van der Waals surface area (Å²) < 4.78 is 16.0. The molecule has 0 radical (unpaired) electrons. The van der Waals surface area contributed by atoms with Crippen LogP contribution in [0.1, 0.15) is 53.5 Å². The van der Waals surface area contributed by atoms with Crippen LogP contribution < -0.4 is 10.6 Å². The SMILES string of the molecule is Cc1cn2nc(C3CCCCN3C(=O)c3ncccc3F)cc2nc1N1CCC(N)C1. The van der Waals surface area contributed by atoms with Gasteiger partial charge >= 0.3 is 0 Å². The normalized spacial score (nSPS) is 21.8. The van der Waals surface area contributed by atoms with E-state index in [-0.39, 0.29) is 17.8 Å². The van der Waals surface area contributed by atoms with Crippen molar-refractivity contribution >= 4 is 17.4 Å². The molecule has 0 spiro atoms. The van der Waals surface area contributed by atoms with Gasteiger partial charge in [0, 0.05) is 49.7 Å². The molecule has 8 nitrogen and oxygen atoms in total. The standard InChI is InChI=1S/C22H26FN7O/c1-14-12-30-19(26-21(14)28-10-7-15(24)13-28)11-17(27-30)18-6-2-3-9-29(18)22(31)20-16(23)5-4-8-25-20/h4-5,8,11-12,15,18H,2-3,6-7,9-10,13,24H2,1H3. The molecule has 9 heteroatoms. The quantitative estimate of drug-likeness (QED) is 0.696. The number of fused-ring (bicyclic) bond motifs is 1. The first-order valence-corrected chi connectivity index (χ1v) is 10.8. The fraction of sp³-hybridized carbons (Fsp3) is 0.455. The zero-order valence-electron chi connectivity index (χ0n) is 17.5. The molecule has 31 heavy (non-hydrogen) atoms.